The molecule has 0 heterocycles. The number of fused-ring (bicyclic) bond motifs is 3. The van der Waals surface area contributed by atoms with E-state index in [1.807, 2.05) is 60.7 Å². The largest absolute Gasteiger partial charge is 0.214 e. The van der Waals surface area contributed by atoms with E-state index in [1.54, 1.807) is 23.3 Å². The van der Waals surface area contributed by atoms with Crippen LogP contribution >= 0.6 is 24.8 Å². The van der Waals surface area contributed by atoms with Crippen LogP contribution in [0, 0.1) is 6.07 Å². The van der Waals surface area contributed by atoms with Gasteiger partial charge in [0.15, 0.2) is 0 Å². The Hall–Kier alpha value is -2.74. The molecule has 0 bridgehead atoms. The molecule has 0 amide bonds. The van der Waals surface area contributed by atoms with Gasteiger partial charge in [-0.15, -0.1) is 30.4 Å². The van der Waals surface area contributed by atoms with Gasteiger partial charge in [-0.1, -0.05) is 76.3 Å². The van der Waals surface area contributed by atoms with Crippen LogP contribution < -0.4 is 10.4 Å². The molecule has 7 rings (SSSR count). The fourth-order valence-corrected chi connectivity index (χ4v) is 8.85. The fourth-order valence-electron chi connectivity index (χ4n) is 5.00. The van der Waals surface area contributed by atoms with E-state index in [9.17, 15) is 0 Å². The predicted octanol–water partition coefficient (Wildman–Crippen LogP) is 10.6. The van der Waals surface area contributed by atoms with Crippen LogP contribution in [-0.4, -0.2) is 5.43 Å². The number of rotatable bonds is 2. The molecule has 0 aromatic heterocycles. The van der Waals surface area contributed by atoms with Crippen molar-refractivity contribution < 1.29 is 23.3 Å². The van der Waals surface area contributed by atoms with Crippen molar-refractivity contribution in [1.82, 2.24) is 0 Å². The Kier molecular flexibility index (Phi) is 16.6. The maximum atomic E-state index is 3.53. The summed E-state index contributed by atoms with van der Waals surface area (Å²) in [6, 6.07) is 56.7. The van der Waals surface area contributed by atoms with E-state index < -0.39 is 5.43 Å². The van der Waals surface area contributed by atoms with Gasteiger partial charge in [0.25, 0.3) is 0 Å². The summed E-state index contributed by atoms with van der Waals surface area (Å²) in [5.41, 5.74) is 8.31. The first-order chi connectivity index (χ1) is 21.5. The van der Waals surface area contributed by atoms with Gasteiger partial charge in [-0.05, 0) is 17.4 Å². The molecule has 1 aliphatic rings. The van der Waals surface area contributed by atoms with Gasteiger partial charge >= 0.3 is 99.8 Å². The molecular formula is C43H47Cl2SiZr-3. The Morgan fingerprint density at radius 1 is 0.574 bits per heavy atom. The van der Waals surface area contributed by atoms with Crippen LogP contribution in [0.25, 0.3) is 11.1 Å². The Balaban J connectivity index is 0.000000252. The van der Waals surface area contributed by atoms with Crippen molar-refractivity contribution in [2.45, 2.75) is 58.8 Å². The Morgan fingerprint density at radius 2 is 1.02 bits per heavy atom. The zero-order chi connectivity index (χ0) is 32.3. The SMILES string of the molecule is CC(C)(C)c1c[c-]c2c(c1)-c1cc(C(C)(C)C)ccc1C2.Cl.Cl.[Zr]=[Si](c1ccccc1)c1ccccc1.c1cc[cH-]c1.c1cc[cH-]c1. The van der Waals surface area contributed by atoms with Crippen molar-refractivity contribution in [2.24, 2.45) is 0 Å². The Labute approximate surface area is 311 Å². The summed E-state index contributed by atoms with van der Waals surface area (Å²) in [5.74, 6) is 0. The molecule has 0 atom stereocenters. The van der Waals surface area contributed by atoms with Crippen molar-refractivity contribution in [3.05, 3.63) is 180 Å². The van der Waals surface area contributed by atoms with Crippen molar-refractivity contribution in [1.29, 1.82) is 0 Å². The molecule has 0 unspecified atom stereocenters. The zero-order valence-corrected chi connectivity index (χ0v) is 33.5. The van der Waals surface area contributed by atoms with E-state index >= 15 is 0 Å². The van der Waals surface area contributed by atoms with Gasteiger partial charge in [0.05, 0.1) is 0 Å². The average molecular weight is 754 g/mol. The maximum Gasteiger partial charge on any atom is -0.172 e. The summed E-state index contributed by atoms with van der Waals surface area (Å²) in [6.07, 6.45) is 1.03. The van der Waals surface area contributed by atoms with Crippen LogP contribution in [0.4, 0.5) is 0 Å². The molecule has 4 heteroatoms. The molecule has 0 radical (unpaired) electrons. The van der Waals surface area contributed by atoms with Gasteiger partial charge in [-0.3, -0.25) is 0 Å². The van der Waals surface area contributed by atoms with Gasteiger partial charge in [-0.2, -0.15) is 65.7 Å². The van der Waals surface area contributed by atoms with Gasteiger partial charge in [0.2, 0.25) is 0 Å². The molecular weight excluding hydrogens is 707 g/mol. The molecule has 0 fully saturated rings. The normalized spacial score (nSPS) is 10.8. The molecule has 0 spiro atoms. The minimum Gasteiger partial charge on any atom is -0.214 e. The van der Waals surface area contributed by atoms with E-state index in [4.69, 9.17) is 0 Å². The molecule has 0 nitrogen and oxygen atoms in total. The summed E-state index contributed by atoms with van der Waals surface area (Å²) in [5, 5.41) is 3.03. The second kappa shape index (κ2) is 19.3. The third-order valence-electron chi connectivity index (χ3n) is 7.76. The molecule has 6 aromatic carbocycles. The minimum absolute atomic E-state index is 0. The van der Waals surface area contributed by atoms with Gasteiger partial charge in [-0.25, -0.2) is 24.3 Å². The average Bonchev–Trinajstić information content (AvgIpc) is 3.85. The van der Waals surface area contributed by atoms with Gasteiger partial charge in [0, 0.05) is 0 Å². The first-order valence-corrected chi connectivity index (χ1v) is 20.9. The predicted molar refractivity (Wildman–Crippen MR) is 207 cm³/mol. The molecule has 0 aliphatic heterocycles. The van der Waals surface area contributed by atoms with Crippen LogP contribution in [0.2, 0.25) is 0 Å². The second-order valence-electron chi connectivity index (χ2n) is 13.4. The summed E-state index contributed by atoms with van der Waals surface area (Å²) in [6.45, 7) is 13.6. The second-order valence-corrected chi connectivity index (χ2v) is 19.0. The topological polar surface area (TPSA) is 0 Å². The molecule has 6 aromatic rings. The molecule has 1 aliphatic carbocycles. The first-order valence-electron chi connectivity index (χ1n) is 15.8. The number of hydrogen-bond acceptors (Lipinski definition) is 0. The van der Waals surface area contributed by atoms with E-state index in [-0.39, 0.29) is 35.6 Å². The quantitative estimate of drug-likeness (QED) is 0.122. The minimum atomic E-state index is -0.455. The smallest absolute Gasteiger partial charge is 0.172 e. The van der Waals surface area contributed by atoms with Crippen LogP contribution in [0.5, 0.6) is 0 Å². The monoisotopic (exact) mass is 751 g/mol. The van der Waals surface area contributed by atoms with Gasteiger partial charge < -0.3 is 0 Å². The first kappa shape index (κ1) is 40.4. The fraction of sp³-hybridized carbons (Fsp3) is 0.209. The van der Waals surface area contributed by atoms with E-state index in [0.29, 0.717) is 0 Å². The number of benzene rings is 4. The van der Waals surface area contributed by atoms with Crippen LogP contribution in [0.1, 0.15) is 63.8 Å². The number of hydrogen-bond donors (Lipinski definition) is 0. The van der Waals surface area contributed by atoms with Crippen LogP contribution in [0.15, 0.2) is 152 Å². The van der Waals surface area contributed by atoms with E-state index in [0.717, 1.165) is 6.42 Å². The van der Waals surface area contributed by atoms with Gasteiger partial charge in [0.1, 0.15) is 0 Å². The molecule has 47 heavy (non-hydrogen) atoms. The summed E-state index contributed by atoms with van der Waals surface area (Å²) in [4.78, 5) is 0. The van der Waals surface area contributed by atoms with Crippen molar-refractivity contribution in [3.63, 3.8) is 0 Å². The third kappa shape index (κ3) is 12.3. The van der Waals surface area contributed by atoms with Crippen LogP contribution in [-0.2, 0) is 40.6 Å². The summed E-state index contributed by atoms with van der Waals surface area (Å²) < 4.78 is 0. The maximum absolute atomic E-state index is 3.53. The molecule has 0 saturated heterocycles. The van der Waals surface area contributed by atoms with Crippen molar-refractivity contribution in [3.8, 4) is 11.1 Å². The molecule has 244 valence electrons. The Bertz CT molecular complexity index is 1560. The van der Waals surface area contributed by atoms with Crippen molar-refractivity contribution >= 4 is 40.6 Å². The Morgan fingerprint density at radius 3 is 1.43 bits per heavy atom. The molecule has 0 N–H and O–H groups in total. The standard InChI is InChI=1S/C21H25.C12H10Si.2C5H5.2ClH.Zr/c1-20(2,3)16-9-7-14-11-15-8-10-17(21(4,5)6)13-19(15)18(14)12-16;1-3-7-11(8-4-1)13-12-9-5-2-6-10-12;2*1-2-4-5-3-1;;;/h7,9-10,12-13H,11H2,1-6H3;1-10H;2*1-5H;2*1H;/q-1;;2*-1;;;. The van der Waals surface area contributed by atoms with Crippen molar-refractivity contribution in [2.75, 3.05) is 0 Å². The summed E-state index contributed by atoms with van der Waals surface area (Å²) in [7, 11) is 0. The van der Waals surface area contributed by atoms with Crippen LogP contribution in [0.3, 0.4) is 0 Å². The number of halogens is 2. The van der Waals surface area contributed by atoms with E-state index in [2.05, 4.69) is 139 Å². The summed E-state index contributed by atoms with van der Waals surface area (Å²) >= 11 is 1.64. The molecule has 0 saturated carbocycles. The zero-order valence-electron chi connectivity index (χ0n) is 28.5. The third-order valence-corrected chi connectivity index (χ3v) is 13.8. The van der Waals surface area contributed by atoms with E-state index in [1.165, 1.54) is 43.8 Å².